The average molecular weight is 434 g/mol. The maximum absolute atomic E-state index is 14.3. The molecular formula is C22H21ClFNO5. The van der Waals surface area contributed by atoms with Gasteiger partial charge in [0.15, 0.2) is 5.56 Å². The van der Waals surface area contributed by atoms with Crippen LogP contribution in [0.2, 0.25) is 5.02 Å². The molecule has 1 heterocycles. The van der Waals surface area contributed by atoms with Gasteiger partial charge in [0.2, 0.25) is 11.3 Å². The van der Waals surface area contributed by atoms with Crippen LogP contribution in [0.15, 0.2) is 41.2 Å². The Balaban J connectivity index is 2.21. The van der Waals surface area contributed by atoms with Gasteiger partial charge in [-0.2, -0.15) is 0 Å². The van der Waals surface area contributed by atoms with Gasteiger partial charge in [0, 0.05) is 18.4 Å². The second-order valence-corrected chi connectivity index (χ2v) is 7.19. The first-order valence-corrected chi connectivity index (χ1v) is 9.86. The summed E-state index contributed by atoms with van der Waals surface area (Å²) in [6, 6.07) is 9.59. The van der Waals surface area contributed by atoms with E-state index in [4.69, 9.17) is 16.3 Å². The normalized spacial score (nSPS) is 11.1. The topological polar surface area (TPSA) is 88.8 Å². The Morgan fingerprint density at radius 1 is 1.27 bits per heavy atom. The number of rotatable bonds is 8. The number of pyridine rings is 1. The largest absolute Gasteiger partial charge is 0.478 e. The first-order valence-electron chi connectivity index (χ1n) is 9.48. The van der Waals surface area contributed by atoms with E-state index in [0.717, 1.165) is 0 Å². The van der Waals surface area contributed by atoms with E-state index in [1.54, 1.807) is 30.3 Å². The molecule has 0 unspecified atom stereocenters. The minimum absolute atomic E-state index is 0.00414. The summed E-state index contributed by atoms with van der Waals surface area (Å²) in [6.45, 7) is 1.87. The van der Waals surface area contributed by atoms with Crippen LogP contribution in [0.25, 0.3) is 10.9 Å². The molecular weight excluding hydrogens is 413 g/mol. The fourth-order valence-electron chi connectivity index (χ4n) is 3.35. The predicted molar refractivity (Wildman–Crippen MR) is 112 cm³/mol. The number of carboxylic acids is 1. The van der Waals surface area contributed by atoms with Crippen LogP contribution in [0.1, 0.15) is 34.8 Å². The lowest BCUT2D eigenvalue weighted by atomic mass is 10.0. The van der Waals surface area contributed by atoms with Gasteiger partial charge >= 0.3 is 5.97 Å². The molecule has 0 saturated carbocycles. The fraction of sp³-hybridized carbons (Fsp3) is 0.273. The number of aliphatic hydroxyl groups excluding tert-OH is 1. The van der Waals surface area contributed by atoms with Crippen molar-refractivity contribution >= 4 is 28.5 Å². The molecule has 6 nitrogen and oxygen atoms in total. The molecule has 0 aliphatic rings. The lowest BCUT2D eigenvalue weighted by Crippen LogP contribution is -2.23. The predicted octanol–water partition coefficient (Wildman–Crippen LogP) is 3.86. The third-order valence-electron chi connectivity index (χ3n) is 4.69. The third kappa shape index (κ3) is 4.17. The van der Waals surface area contributed by atoms with Crippen LogP contribution in [0, 0.1) is 5.82 Å². The molecule has 0 atom stereocenters. The molecule has 158 valence electrons. The van der Waals surface area contributed by atoms with Crippen molar-refractivity contribution in [2.75, 3.05) is 13.2 Å². The molecule has 0 aliphatic heterocycles. The number of ether oxygens (including phenoxy) is 1. The zero-order chi connectivity index (χ0) is 21.8. The molecule has 2 N–H and O–H groups in total. The van der Waals surface area contributed by atoms with Gasteiger partial charge in [-0.1, -0.05) is 36.7 Å². The van der Waals surface area contributed by atoms with Crippen molar-refractivity contribution in [3.05, 3.63) is 74.2 Å². The molecule has 0 spiro atoms. The molecule has 8 heteroatoms. The first-order chi connectivity index (χ1) is 14.4. The Kier molecular flexibility index (Phi) is 6.74. The number of hydrogen-bond acceptors (Lipinski definition) is 4. The van der Waals surface area contributed by atoms with E-state index in [1.165, 1.54) is 10.6 Å². The highest BCUT2D eigenvalue weighted by Gasteiger charge is 2.24. The third-order valence-corrected chi connectivity index (χ3v) is 4.98. The van der Waals surface area contributed by atoms with Gasteiger partial charge in [-0.3, -0.25) is 4.79 Å². The standard InChI is InChI=1S/C22H21ClFNO5/c1-2-10-30-21-18(22(28)29)20(27)15-12-13(6-7-17(15)25(21)8-9-26)11-14-4-3-5-16(23)19(14)24/h3-7,12,26H,2,8-11H2,1H3,(H,28,29). The van der Waals surface area contributed by atoms with E-state index < -0.39 is 22.8 Å². The maximum Gasteiger partial charge on any atom is 0.345 e. The smallest absolute Gasteiger partial charge is 0.345 e. The summed E-state index contributed by atoms with van der Waals surface area (Å²) in [4.78, 5) is 24.8. The van der Waals surface area contributed by atoms with Crippen molar-refractivity contribution in [1.82, 2.24) is 4.57 Å². The minimum atomic E-state index is -1.41. The molecule has 3 aromatic rings. The number of aliphatic hydroxyl groups is 1. The van der Waals surface area contributed by atoms with Crippen molar-refractivity contribution in [2.45, 2.75) is 26.3 Å². The van der Waals surface area contributed by atoms with Crippen LogP contribution < -0.4 is 10.2 Å². The molecule has 0 radical (unpaired) electrons. The fourth-order valence-corrected chi connectivity index (χ4v) is 3.54. The molecule has 0 bridgehead atoms. The van der Waals surface area contributed by atoms with Gasteiger partial charge in [0.1, 0.15) is 5.82 Å². The van der Waals surface area contributed by atoms with Crippen LogP contribution in [0.5, 0.6) is 5.88 Å². The average Bonchev–Trinajstić information content (AvgIpc) is 2.72. The number of benzene rings is 2. The molecule has 0 fully saturated rings. The van der Waals surface area contributed by atoms with Crippen molar-refractivity contribution in [3.63, 3.8) is 0 Å². The highest BCUT2D eigenvalue weighted by molar-refractivity contribution is 6.30. The molecule has 30 heavy (non-hydrogen) atoms. The zero-order valence-electron chi connectivity index (χ0n) is 16.3. The summed E-state index contributed by atoms with van der Waals surface area (Å²) >= 11 is 5.84. The van der Waals surface area contributed by atoms with Crippen LogP contribution in [0.3, 0.4) is 0 Å². The Labute approximate surface area is 177 Å². The summed E-state index contributed by atoms with van der Waals surface area (Å²) in [5, 5.41) is 19.3. The molecule has 0 aliphatic carbocycles. The number of carbonyl (C=O) groups is 1. The Morgan fingerprint density at radius 3 is 2.70 bits per heavy atom. The van der Waals surface area contributed by atoms with E-state index in [9.17, 15) is 24.2 Å². The van der Waals surface area contributed by atoms with Crippen molar-refractivity contribution in [1.29, 1.82) is 0 Å². The summed E-state index contributed by atoms with van der Waals surface area (Å²) in [5.74, 6) is -2.03. The number of hydrogen-bond donors (Lipinski definition) is 2. The lowest BCUT2D eigenvalue weighted by molar-refractivity contribution is 0.0688. The molecule has 3 rings (SSSR count). The van der Waals surface area contributed by atoms with E-state index in [1.807, 2.05) is 6.92 Å². The second-order valence-electron chi connectivity index (χ2n) is 6.78. The van der Waals surface area contributed by atoms with E-state index >= 15 is 0 Å². The Bertz CT molecular complexity index is 1160. The van der Waals surface area contributed by atoms with Crippen molar-refractivity contribution in [2.24, 2.45) is 0 Å². The summed E-state index contributed by atoms with van der Waals surface area (Å²) in [6.07, 6.45) is 0.798. The van der Waals surface area contributed by atoms with E-state index in [-0.39, 0.29) is 42.5 Å². The van der Waals surface area contributed by atoms with E-state index in [0.29, 0.717) is 23.1 Å². The Morgan fingerprint density at radius 2 is 2.03 bits per heavy atom. The summed E-state index contributed by atoms with van der Waals surface area (Å²) in [5.41, 5.74) is 0.232. The van der Waals surface area contributed by atoms with Crippen LogP contribution in [-0.2, 0) is 13.0 Å². The van der Waals surface area contributed by atoms with Gasteiger partial charge in [0.05, 0.1) is 23.8 Å². The van der Waals surface area contributed by atoms with Gasteiger partial charge in [-0.05, 0) is 35.7 Å². The minimum Gasteiger partial charge on any atom is -0.478 e. The molecule has 2 aromatic carbocycles. The monoisotopic (exact) mass is 433 g/mol. The summed E-state index contributed by atoms with van der Waals surface area (Å²) in [7, 11) is 0. The number of nitrogens with zero attached hydrogens (tertiary/aromatic N) is 1. The van der Waals surface area contributed by atoms with E-state index in [2.05, 4.69) is 0 Å². The number of aromatic nitrogens is 1. The lowest BCUT2D eigenvalue weighted by Gasteiger charge is -2.19. The number of halogens is 2. The highest BCUT2D eigenvalue weighted by atomic mass is 35.5. The SMILES string of the molecule is CCCOc1c(C(=O)O)c(=O)c2cc(Cc3cccc(Cl)c3F)ccc2n1CCO. The van der Waals surface area contributed by atoms with Gasteiger partial charge < -0.3 is 19.5 Å². The number of fused-ring (bicyclic) bond motifs is 1. The number of carboxylic acid groups (broad SMARTS) is 1. The maximum atomic E-state index is 14.3. The van der Waals surface area contributed by atoms with Gasteiger partial charge in [-0.25, -0.2) is 9.18 Å². The highest BCUT2D eigenvalue weighted by Crippen LogP contribution is 2.26. The first kappa shape index (κ1) is 21.8. The van der Waals surface area contributed by atoms with Gasteiger partial charge in [0.25, 0.3) is 0 Å². The molecule has 0 saturated heterocycles. The van der Waals surface area contributed by atoms with Crippen molar-refractivity contribution in [3.8, 4) is 5.88 Å². The molecule has 0 amide bonds. The van der Waals surface area contributed by atoms with Crippen LogP contribution >= 0.6 is 11.6 Å². The van der Waals surface area contributed by atoms with Gasteiger partial charge in [-0.15, -0.1) is 0 Å². The quantitative estimate of drug-likeness (QED) is 0.563. The zero-order valence-corrected chi connectivity index (χ0v) is 17.1. The Hall–Kier alpha value is -2.90. The second kappa shape index (κ2) is 9.28. The summed E-state index contributed by atoms with van der Waals surface area (Å²) < 4.78 is 21.3. The van der Waals surface area contributed by atoms with Crippen molar-refractivity contribution < 1.29 is 24.1 Å². The number of aromatic carboxylic acids is 1. The molecule has 1 aromatic heterocycles. The van der Waals surface area contributed by atoms with Crippen LogP contribution in [0.4, 0.5) is 4.39 Å². The van der Waals surface area contributed by atoms with Crippen LogP contribution in [-0.4, -0.2) is 34.0 Å².